The molecule has 2 aromatic carbocycles. The van der Waals surface area contributed by atoms with Crippen molar-refractivity contribution in [1.29, 1.82) is 0 Å². The summed E-state index contributed by atoms with van der Waals surface area (Å²) in [5, 5.41) is 8.49. The fourth-order valence-corrected chi connectivity index (χ4v) is 4.17. The van der Waals surface area contributed by atoms with Gasteiger partial charge in [0.25, 0.3) is 0 Å². The second kappa shape index (κ2) is 9.00. The van der Waals surface area contributed by atoms with E-state index < -0.39 is 27.6 Å². The summed E-state index contributed by atoms with van der Waals surface area (Å²) in [6, 6.07) is 13.9. The van der Waals surface area contributed by atoms with Gasteiger partial charge in [0.1, 0.15) is 5.75 Å². The van der Waals surface area contributed by atoms with Crippen molar-refractivity contribution < 1.29 is 26.3 Å². The Morgan fingerprint density at radius 1 is 0.971 bits per heavy atom. The van der Waals surface area contributed by atoms with Gasteiger partial charge in [-0.2, -0.15) is 10.2 Å². The van der Waals surface area contributed by atoms with Crippen LogP contribution in [0.3, 0.4) is 0 Å². The molecule has 0 aliphatic heterocycles. The SMILES string of the molecule is CN(C)S(=O)(=O)c1cccc(-n2nccc2-c2nn(-c3cccc(OC(F)(F)F)c3)ccc2=O)c1. The summed E-state index contributed by atoms with van der Waals surface area (Å²) in [6.07, 6.45) is -2.13. The standard InChI is InChI=1S/C22H18F3N5O4S/c1-28(2)35(32,33)18-8-4-6-16(14-18)30-19(9-11-26-30)21-20(31)10-12-29(27-21)15-5-3-7-17(13-15)34-22(23,24)25/h3-14H,1-2H3. The number of nitrogens with zero attached hydrogens (tertiary/aromatic N) is 5. The second-order valence-corrected chi connectivity index (χ2v) is 9.58. The largest absolute Gasteiger partial charge is 0.573 e. The molecule has 13 heteroatoms. The lowest BCUT2D eigenvalue weighted by Gasteiger charge is -2.14. The molecule has 35 heavy (non-hydrogen) atoms. The lowest BCUT2D eigenvalue weighted by Crippen LogP contribution is -2.22. The van der Waals surface area contributed by atoms with Crippen LogP contribution in [0.15, 0.2) is 82.7 Å². The molecule has 0 amide bonds. The highest BCUT2D eigenvalue weighted by atomic mass is 32.2. The highest BCUT2D eigenvalue weighted by Crippen LogP contribution is 2.25. The van der Waals surface area contributed by atoms with Gasteiger partial charge in [0.15, 0.2) is 5.69 Å². The predicted molar refractivity (Wildman–Crippen MR) is 120 cm³/mol. The molecule has 182 valence electrons. The first kappa shape index (κ1) is 24.2. The monoisotopic (exact) mass is 505 g/mol. The number of ether oxygens (including phenoxy) is 1. The Kier molecular flexibility index (Phi) is 6.21. The van der Waals surface area contributed by atoms with Gasteiger partial charge >= 0.3 is 6.36 Å². The van der Waals surface area contributed by atoms with E-state index in [9.17, 15) is 26.4 Å². The van der Waals surface area contributed by atoms with E-state index in [2.05, 4.69) is 14.9 Å². The normalized spacial score (nSPS) is 12.2. The molecule has 0 radical (unpaired) electrons. The van der Waals surface area contributed by atoms with Crippen LogP contribution >= 0.6 is 0 Å². The maximum Gasteiger partial charge on any atom is 0.573 e. The molecule has 9 nitrogen and oxygen atoms in total. The molecule has 4 aromatic rings. The molecule has 0 bridgehead atoms. The number of sulfonamides is 1. The molecule has 0 saturated heterocycles. The number of hydrogen-bond donors (Lipinski definition) is 0. The number of alkyl halides is 3. The lowest BCUT2D eigenvalue weighted by atomic mass is 10.2. The molecule has 0 spiro atoms. The molecular weight excluding hydrogens is 487 g/mol. The van der Waals surface area contributed by atoms with E-state index in [1.165, 1.54) is 72.3 Å². The zero-order valence-corrected chi connectivity index (χ0v) is 19.2. The van der Waals surface area contributed by atoms with E-state index in [0.717, 1.165) is 16.4 Å². The fraction of sp³-hybridized carbons (Fsp3) is 0.136. The molecule has 0 atom stereocenters. The van der Waals surface area contributed by atoms with E-state index in [0.29, 0.717) is 5.69 Å². The number of halogens is 3. The van der Waals surface area contributed by atoms with Crippen LogP contribution < -0.4 is 10.2 Å². The van der Waals surface area contributed by atoms with Gasteiger partial charge in [0, 0.05) is 32.4 Å². The van der Waals surface area contributed by atoms with Gasteiger partial charge in [-0.1, -0.05) is 12.1 Å². The van der Waals surface area contributed by atoms with Crippen LogP contribution in [0.25, 0.3) is 22.8 Å². The Labute approximate surface area is 197 Å². The van der Waals surface area contributed by atoms with Crippen LogP contribution in [0.4, 0.5) is 13.2 Å². The van der Waals surface area contributed by atoms with Crippen LogP contribution in [-0.2, 0) is 10.0 Å². The van der Waals surface area contributed by atoms with Gasteiger partial charge in [-0.05, 0) is 36.4 Å². The van der Waals surface area contributed by atoms with Crippen LogP contribution in [0.1, 0.15) is 0 Å². The Hall–Kier alpha value is -3.97. The van der Waals surface area contributed by atoms with Crippen LogP contribution in [0.2, 0.25) is 0 Å². The van der Waals surface area contributed by atoms with Crippen molar-refractivity contribution in [3.05, 3.63) is 83.3 Å². The molecule has 0 fully saturated rings. The van der Waals surface area contributed by atoms with Gasteiger partial charge in [0.05, 0.1) is 28.2 Å². The highest BCUT2D eigenvalue weighted by Gasteiger charge is 2.31. The number of rotatable bonds is 6. The molecule has 0 N–H and O–H groups in total. The van der Waals surface area contributed by atoms with Crippen molar-refractivity contribution >= 4 is 10.0 Å². The molecule has 4 rings (SSSR count). The van der Waals surface area contributed by atoms with Gasteiger partial charge in [-0.15, -0.1) is 13.2 Å². The van der Waals surface area contributed by atoms with Crippen molar-refractivity contribution in [3.8, 4) is 28.5 Å². The first-order valence-corrected chi connectivity index (χ1v) is 11.4. The molecule has 0 aliphatic carbocycles. The van der Waals surface area contributed by atoms with Crippen LogP contribution in [0, 0.1) is 0 Å². The smallest absolute Gasteiger partial charge is 0.406 e. The zero-order valence-electron chi connectivity index (χ0n) is 18.3. The number of aromatic nitrogens is 4. The third-order valence-electron chi connectivity index (χ3n) is 4.85. The Morgan fingerprint density at radius 2 is 1.69 bits per heavy atom. The average molecular weight is 505 g/mol. The minimum absolute atomic E-state index is 0.0290. The van der Waals surface area contributed by atoms with Crippen molar-refractivity contribution in [2.24, 2.45) is 0 Å². The van der Waals surface area contributed by atoms with Gasteiger partial charge in [-0.3, -0.25) is 4.79 Å². The molecule has 0 aliphatic rings. The van der Waals surface area contributed by atoms with E-state index in [4.69, 9.17) is 0 Å². The van der Waals surface area contributed by atoms with Gasteiger partial charge < -0.3 is 4.74 Å². The van der Waals surface area contributed by atoms with E-state index in [1.807, 2.05) is 0 Å². The summed E-state index contributed by atoms with van der Waals surface area (Å²) in [6.45, 7) is 0. The lowest BCUT2D eigenvalue weighted by molar-refractivity contribution is -0.274. The van der Waals surface area contributed by atoms with Gasteiger partial charge in [0.2, 0.25) is 15.5 Å². The Bertz CT molecular complexity index is 1540. The average Bonchev–Trinajstić information content (AvgIpc) is 3.28. The van der Waals surface area contributed by atoms with Crippen molar-refractivity contribution in [3.63, 3.8) is 0 Å². The van der Waals surface area contributed by atoms with Crippen LogP contribution in [-0.4, -0.2) is 52.7 Å². The predicted octanol–water partition coefficient (Wildman–Crippen LogP) is 3.23. The van der Waals surface area contributed by atoms with E-state index in [-0.39, 0.29) is 22.0 Å². The maximum absolute atomic E-state index is 12.7. The maximum atomic E-state index is 12.7. The zero-order chi connectivity index (χ0) is 25.4. The number of benzene rings is 2. The Balaban J connectivity index is 1.78. The third-order valence-corrected chi connectivity index (χ3v) is 6.66. The minimum Gasteiger partial charge on any atom is -0.406 e. The number of hydrogen-bond acceptors (Lipinski definition) is 6. The summed E-state index contributed by atoms with van der Waals surface area (Å²) in [4.78, 5) is 12.7. The summed E-state index contributed by atoms with van der Waals surface area (Å²) >= 11 is 0. The molecule has 0 saturated carbocycles. The van der Waals surface area contributed by atoms with Crippen LogP contribution in [0.5, 0.6) is 5.75 Å². The summed E-state index contributed by atoms with van der Waals surface area (Å²) in [7, 11) is -0.899. The summed E-state index contributed by atoms with van der Waals surface area (Å²) in [5.41, 5.74) is 0.325. The molecule has 0 unspecified atom stereocenters. The molecular formula is C22H18F3N5O4S. The van der Waals surface area contributed by atoms with E-state index in [1.54, 1.807) is 12.1 Å². The molecule has 2 aromatic heterocycles. The van der Waals surface area contributed by atoms with E-state index >= 15 is 0 Å². The van der Waals surface area contributed by atoms with Crippen molar-refractivity contribution in [1.82, 2.24) is 23.9 Å². The summed E-state index contributed by atoms with van der Waals surface area (Å²) < 4.78 is 70.4. The van der Waals surface area contributed by atoms with Crippen molar-refractivity contribution in [2.75, 3.05) is 14.1 Å². The van der Waals surface area contributed by atoms with Crippen molar-refractivity contribution in [2.45, 2.75) is 11.3 Å². The minimum atomic E-state index is -4.86. The second-order valence-electron chi connectivity index (χ2n) is 7.43. The summed E-state index contributed by atoms with van der Waals surface area (Å²) in [5.74, 6) is -0.444. The topological polar surface area (TPSA) is 99.3 Å². The first-order valence-electron chi connectivity index (χ1n) is 9.99. The molecule has 2 heterocycles. The quantitative estimate of drug-likeness (QED) is 0.399. The fourth-order valence-electron chi connectivity index (χ4n) is 3.23. The van der Waals surface area contributed by atoms with Gasteiger partial charge in [-0.25, -0.2) is 22.1 Å². The third kappa shape index (κ3) is 5.10. The first-order chi connectivity index (χ1) is 16.5. The highest BCUT2D eigenvalue weighted by molar-refractivity contribution is 7.89. The Morgan fingerprint density at radius 3 is 2.40 bits per heavy atom.